The lowest BCUT2D eigenvalue weighted by molar-refractivity contribution is -0.127. The Hall–Kier alpha value is -2.20. The minimum absolute atomic E-state index is 0.188. The molecule has 0 aliphatic rings. The predicted octanol–water partition coefficient (Wildman–Crippen LogP) is 3.61. The Morgan fingerprint density at radius 3 is 2.35 bits per heavy atom. The summed E-state index contributed by atoms with van der Waals surface area (Å²) in [5.74, 6) is 1.20. The van der Waals surface area contributed by atoms with Crippen molar-refractivity contribution in [2.45, 2.75) is 20.0 Å². The molecule has 122 valence electrons. The van der Waals surface area contributed by atoms with Crippen LogP contribution in [0.4, 0.5) is 0 Å². The molecular formula is C18H20ClNO3. The van der Waals surface area contributed by atoms with Gasteiger partial charge >= 0.3 is 0 Å². The van der Waals surface area contributed by atoms with Crippen LogP contribution < -0.4 is 14.8 Å². The number of amides is 1. The van der Waals surface area contributed by atoms with Crippen molar-refractivity contribution in [3.63, 3.8) is 0 Å². The number of carbonyl (C=O) groups excluding carboxylic acids is 1. The van der Waals surface area contributed by atoms with Gasteiger partial charge in [-0.15, -0.1) is 0 Å². The van der Waals surface area contributed by atoms with Gasteiger partial charge < -0.3 is 14.8 Å². The fourth-order valence-electron chi connectivity index (χ4n) is 1.89. The normalized spacial score (nSPS) is 11.6. The van der Waals surface area contributed by atoms with Crippen LogP contribution in [0.15, 0.2) is 48.5 Å². The van der Waals surface area contributed by atoms with E-state index in [9.17, 15) is 4.79 Å². The summed E-state index contributed by atoms with van der Waals surface area (Å²) in [6.07, 6.45) is -0.587. The van der Waals surface area contributed by atoms with Gasteiger partial charge in [0.2, 0.25) is 0 Å². The van der Waals surface area contributed by atoms with Crippen LogP contribution >= 0.6 is 11.6 Å². The summed E-state index contributed by atoms with van der Waals surface area (Å²) in [6.45, 7) is 4.54. The van der Waals surface area contributed by atoms with Crippen molar-refractivity contribution < 1.29 is 14.3 Å². The highest BCUT2D eigenvalue weighted by Gasteiger charge is 2.13. The zero-order valence-corrected chi connectivity index (χ0v) is 14.0. The number of halogens is 1. The van der Waals surface area contributed by atoms with Gasteiger partial charge in [0.15, 0.2) is 6.10 Å². The summed E-state index contributed by atoms with van der Waals surface area (Å²) in [5.41, 5.74) is 1.18. The zero-order chi connectivity index (χ0) is 16.7. The molecule has 23 heavy (non-hydrogen) atoms. The maximum Gasteiger partial charge on any atom is 0.260 e. The third-order valence-electron chi connectivity index (χ3n) is 3.19. The second kappa shape index (κ2) is 8.44. The molecule has 0 fully saturated rings. The van der Waals surface area contributed by atoms with Crippen molar-refractivity contribution in [3.8, 4) is 11.5 Å². The van der Waals surface area contributed by atoms with E-state index >= 15 is 0 Å². The van der Waals surface area contributed by atoms with E-state index in [-0.39, 0.29) is 5.91 Å². The molecule has 2 rings (SSSR count). The van der Waals surface area contributed by atoms with E-state index in [4.69, 9.17) is 21.1 Å². The highest BCUT2D eigenvalue weighted by molar-refractivity contribution is 6.30. The lowest BCUT2D eigenvalue weighted by Gasteiger charge is -2.15. The Morgan fingerprint density at radius 1 is 1.09 bits per heavy atom. The number of hydrogen-bond donors (Lipinski definition) is 1. The Morgan fingerprint density at radius 2 is 1.70 bits per heavy atom. The number of hydrogen-bond acceptors (Lipinski definition) is 3. The molecule has 0 bridgehead atoms. The largest absolute Gasteiger partial charge is 0.492 e. The van der Waals surface area contributed by atoms with Crippen molar-refractivity contribution in [2.75, 3.05) is 13.2 Å². The van der Waals surface area contributed by atoms with E-state index in [0.717, 1.165) is 5.75 Å². The van der Waals surface area contributed by atoms with Crippen molar-refractivity contribution in [1.82, 2.24) is 5.32 Å². The summed E-state index contributed by atoms with van der Waals surface area (Å²) in [6, 6.07) is 14.7. The number of nitrogens with one attached hydrogen (secondary N) is 1. The first-order chi connectivity index (χ1) is 11.0. The second-order valence-electron chi connectivity index (χ2n) is 5.17. The topological polar surface area (TPSA) is 47.6 Å². The molecule has 2 aromatic carbocycles. The van der Waals surface area contributed by atoms with Gasteiger partial charge in [-0.2, -0.15) is 0 Å². The molecule has 2 aromatic rings. The van der Waals surface area contributed by atoms with E-state index < -0.39 is 6.10 Å². The highest BCUT2D eigenvalue weighted by atomic mass is 35.5. The van der Waals surface area contributed by atoms with Gasteiger partial charge in [-0.1, -0.05) is 29.3 Å². The van der Waals surface area contributed by atoms with Crippen molar-refractivity contribution in [1.29, 1.82) is 0 Å². The smallest absolute Gasteiger partial charge is 0.260 e. The Balaban J connectivity index is 1.69. The molecule has 0 spiro atoms. The molecule has 5 heteroatoms. The van der Waals surface area contributed by atoms with Crippen LogP contribution in [0.2, 0.25) is 5.02 Å². The minimum atomic E-state index is -0.587. The molecule has 0 heterocycles. The monoisotopic (exact) mass is 333 g/mol. The summed E-state index contributed by atoms with van der Waals surface area (Å²) in [5, 5.41) is 3.41. The van der Waals surface area contributed by atoms with Gasteiger partial charge in [-0.05, 0) is 50.2 Å². The van der Waals surface area contributed by atoms with Gasteiger partial charge in [0.1, 0.15) is 18.1 Å². The summed E-state index contributed by atoms with van der Waals surface area (Å²) in [7, 11) is 0. The van der Waals surface area contributed by atoms with Crippen LogP contribution in [0, 0.1) is 6.92 Å². The average Bonchev–Trinajstić information content (AvgIpc) is 2.55. The zero-order valence-electron chi connectivity index (χ0n) is 13.2. The Bertz CT molecular complexity index is 626. The van der Waals surface area contributed by atoms with Crippen LogP contribution in [0.3, 0.4) is 0 Å². The fraction of sp³-hybridized carbons (Fsp3) is 0.278. The predicted molar refractivity (Wildman–Crippen MR) is 91.2 cm³/mol. The number of carbonyl (C=O) groups is 1. The molecule has 0 radical (unpaired) electrons. The second-order valence-corrected chi connectivity index (χ2v) is 5.60. The maximum absolute atomic E-state index is 12.0. The molecule has 1 atom stereocenters. The van der Waals surface area contributed by atoms with Crippen LogP contribution in [-0.4, -0.2) is 25.2 Å². The van der Waals surface area contributed by atoms with E-state index in [0.29, 0.717) is 23.9 Å². The Kier molecular flexibility index (Phi) is 6.29. The van der Waals surface area contributed by atoms with Crippen molar-refractivity contribution in [2.24, 2.45) is 0 Å². The first-order valence-corrected chi connectivity index (χ1v) is 7.82. The average molecular weight is 334 g/mol. The van der Waals surface area contributed by atoms with E-state index in [1.54, 1.807) is 31.2 Å². The summed E-state index contributed by atoms with van der Waals surface area (Å²) < 4.78 is 11.1. The number of ether oxygens (including phenoxy) is 2. The van der Waals surface area contributed by atoms with Gasteiger partial charge in [-0.3, -0.25) is 4.79 Å². The standard InChI is InChI=1S/C18H20ClNO3/c1-13-3-7-16(8-4-13)22-12-11-20-18(21)14(2)23-17-9-5-15(19)6-10-17/h3-10,14H,11-12H2,1-2H3,(H,20,21)/t14-/m0/s1. The van der Waals surface area contributed by atoms with Gasteiger partial charge in [0.25, 0.3) is 5.91 Å². The minimum Gasteiger partial charge on any atom is -0.492 e. The lowest BCUT2D eigenvalue weighted by atomic mass is 10.2. The fourth-order valence-corrected chi connectivity index (χ4v) is 2.02. The van der Waals surface area contributed by atoms with E-state index in [1.807, 2.05) is 31.2 Å². The Labute approximate surface area is 141 Å². The van der Waals surface area contributed by atoms with Crippen molar-refractivity contribution >= 4 is 17.5 Å². The van der Waals surface area contributed by atoms with Crippen LogP contribution in [0.1, 0.15) is 12.5 Å². The number of benzene rings is 2. The van der Waals surface area contributed by atoms with Crippen molar-refractivity contribution in [3.05, 3.63) is 59.1 Å². The number of aryl methyl sites for hydroxylation is 1. The number of rotatable bonds is 7. The third-order valence-corrected chi connectivity index (χ3v) is 3.44. The highest BCUT2D eigenvalue weighted by Crippen LogP contribution is 2.16. The molecular weight excluding hydrogens is 314 g/mol. The molecule has 0 unspecified atom stereocenters. The molecule has 1 amide bonds. The van der Waals surface area contributed by atoms with Gasteiger partial charge in [0.05, 0.1) is 6.54 Å². The van der Waals surface area contributed by atoms with Crippen LogP contribution in [0.25, 0.3) is 0 Å². The molecule has 1 N–H and O–H groups in total. The first kappa shape index (κ1) is 17.2. The lowest BCUT2D eigenvalue weighted by Crippen LogP contribution is -2.38. The van der Waals surface area contributed by atoms with Gasteiger partial charge in [-0.25, -0.2) is 0 Å². The molecule has 0 saturated heterocycles. The molecule has 0 aliphatic carbocycles. The molecule has 0 saturated carbocycles. The molecule has 4 nitrogen and oxygen atoms in total. The molecule has 0 aromatic heterocycles. The third kappa shape index (κ3) is 5.83. The summed E-state index contributed by atoms with van der Waals surface area (Å²) >= 11 is 5.81. The van der Waals surface area contributed by atoms with Crippen LogP contribution in [-0.2, 0) is 4.79 Å². The van der Waals surface area contributed by atoms with Crippen LogP contribution in [0.5, 0.6) is 11.5 Å². The summed E-state index contributed by atoms with van der Waals surface area (Å²) in [4.78, 5) is 12.0. The van der Waals surface area contributed by atoms with E-state index in [2.05, 4.69) is 5.32 Å². The first-order valence-electron chi connectivity index (χ1n) is 7.44. The maximum atomic E-state index is 12.0. The van der Waals surface area contributed by atoms with Gasteiger partial charge in [0, 0.05) is 5.02 Å². The van der Waals surface area contributed by atoms with E-state index in [1.165, 1.54) is 5.56 Å². The molecule has 0 aliphatic heterocycles. The quantitative estimate of drug-likeness (QED) is 0.787. The SMILES string of the molecule is Cc1ccc(OCCNC(=O)[C@H](C)Oc2ccc(Cl)cc2)cc1.